The molecule has 0 aliphatic heterocycles. The fourth-order valence-electron chi connectivity index (χ4n) is 2.95. The number of pyridine rings is 1. The van der Waals surface area contributed by atoms with Gasteiger partial charge in [0.2, 0.25) is 0 Å². The Kier molecular flexibility index (Phi) is 3.66. The maximum absolute atomic E-state index is 11.7. The molecule has 2 aromatic heterocycles. The van der Waals surface area contributed by atoms with Crippen LogP contribution >= 0.6 is 0 Å². The summed E-state index contributed by atoms with van der Waals surface area (Å²) in [6.07, 6.45) is 3.12. The Hall–Kier alpha value is -2.92. The molecule has 5 heteroatoms. The lowest BCUT2D eigenvalue weighted by molar-refractivity contribution is 0.602. The van der Waals surface area contributed by atoms with E-state index in [2.05, 4.69) is 12.1 Å². The third-order valence-electron chi connectivity index (χ3n) is 4.16. The van der Waals surface area contributed by atoms with Crippen molar-refractivity contribution in [2.45, 2.75) is 4.90 Å². The van der Waals surface area contributed by atoms with E-state index in [0.717, 1.165) is 27.9 Å². The molecule has 4 aromatic rings. The summed E-state index contributed by atoms with van der Waals surface area (Å²) in [6.45, 7) is 0. The van der Waals surface area contributed by atoms with Crippen LogP contribution in [0.5, 0.6) is 0 Å². The second kappa shape index (κ2) is 5.86. The summed E-state index contributed by atoms with van der Waals surface area (Å²) in [5.41, 5.74) is 4.84. The molecule has 0 saturated carbocycles. The van der Waals surface area contributed by atoms with Crippen molar-refractivity contribution in [1.82, 2.24) is 9.61 Å². The molecule has 25 heavy (non-hydrogen) atoms. The molecule has 0 saturated heterocycles. The largest absolute Gasteiger partial charge is 0.240 e. The number of hydrogen-bond acceptors (Lipinski definition) is 3. The van der Waals surface area contributed by atoms with Crippen LogP contribution in [-0.2, 0) is 9.84 Å². The first-order valence-corrected chi connectivity index (χ1v) is 9.76. The van der Waals surface area contributed by atoms with Crippen LogP contribution in [-0.4, -0.2) is 24.3 Å². The Balaban J connectivity index is 1.96. The van der Waals surface area contributed by atoms with Crippen molar-refractivity contribution in [1.29, 1.82) is 0 Å². The van der Waals surface area contributed by atoms with Crippen molar-refractivity contribution in [3.05, 3.63) is 79.0 Å². The van der Waals surface area contributed by atoms with Gasteiger partial charge in [0.05, 0.1) is 10.4 Å². The SMILES string of the molecule is CS(=O)(=O)c1ccc(-c2nn3ccccc3c2-c2ccccc2)cc1. The predicted octanol–water partition coefficient (Wildman–Crippen LogP) is 4.07. The highest BCUT2D eigenvalue weighted by Crippen LogP contribution is 2.35. The molecule has 0 amide bonds. The Bertz CT molecular complexity index is 1150. The first-order valence-electron chi connectivity index (χ1n) is 7.87. The van der Waals surface area contributed by atoms with Crippen LogP contribution in [0.25, 0.3) is 27.9 Å². The minimum atomic E-state index is -3.21. The van der Waals surface area contributed by atoms with Gasteiger partial charge in [0.1, 0.15) is 5.69 Å². The van der Waals surface area contributed by atoms with E-state index in [1.54, 1.807) is 12.1 Å². The summed E-state index contributed by atoms with van der Waals surface area (Å²) in [7, 11) is -3.21. The second-order valence-corrected chi connectivity index (χ2v) is 7.93. The van der Waals surface area contributed by atoms with Crippen LogP contribution < -0.4 is 0 Å². The third kappa shape index (κ3) is 2.83. The predicted molar refractivity (Wildman–Crippen MR) is 99.2 cm³/mol. The molecule has 0 bridgehead atoms. The molecule has 124 valence electrons. The summed E-state index contributed by atoms with van der Waals surface area (Å²) < 4.78 is 25.2. The van der Waals surface area contributed by atoms with E-state index in [9.17, 15) is 8.42 Å². The molecule has 0 atom stereocenters. The van der Waals surface area contributed by atoms with Gasteiger partial charge in [-0.3, -0.25) is 0 Å². The lowest BCUT2D eigenvalue weighted by atomic mass is 10.00. The summed E-state index contributed by atoms with van der Waals surface area (Å²) in [5, 5.41) is 4.72. The van der Waals surface area contributed by atoms with E-state index in [0.29, 0.717) is 4.90 Å². The van der Waals surface area contributed by atoms with Crippen LogP contribution in [0.3, 0.4) is 0 Å². The Morgan fingerprint density at radius 2 is 1.48 bits per heavy atom. The van der Waals surface area contributed by atoms with Crippen molar-refractivity contribution in [2.75, 3.05) is 6.26 Å². The summed E-state index contributed by atoms with van der Waals surface area (Å²) in [4.78, 5) is 0.307. The van der Waals surface area contributed by atoms with Gasteiger partial charge in [-0.2, -0.15) is 5.10 Å². The standard InChI is InChI=1S/C20H16N2O2S/c1-25(23,24)17-12-10-16(11-13-17)20-19(15-7-3-2-4-8-15)18-9-5-6-14-22(18)21-20/h2-14H,1H3. The highest BCUT2D eigenvalue weighted by molar-refractivity contribution is 7.90. The van der Waals surface area contributed by atoms with Crippen LogP contribution in [0.15, 0.2) is 83.9 Å². The fourth-order valence-corrected chi connectivity index (χ4v) is 3.58. The van der Waals surface area contributed by atoms with Crippen molar-refractivity contribution < 1.29 is 8.42 Å². The zero-order valence-electron chi connectivity index (χ0n) is 13.6. The molecule has 0 aliphatic rings. The van der Waals surface area contributed by atoms with Gasteiger partial charge in [-0.25, -0.2) is 12.9 Å². The van der Waals surface area contributed by atoms with E-state index in [1.165, 1.54) is 6.26 Å². The van der Waals surface area contributed by atoms with Crippen LogP contribution in [0.2, 0.25) is 0 Å². The highest BCUT2D eigenvalue weighted by Gasteiger charge is 2.16. The number of rotatable bonds is 3. The molecule has 0 aliphatic carbocycles. The fraction of sp³-hybridized carbons (Fsp3) is 0.0500. The molecule has 0 spiro atoms. The Morgan fingerprint density at radius 3 is 2.16 bits per heavy atom. The van der Waals surface area contributed by atoms with Crippen LogP contribution in [0.4, 0.5) is 0 Å². The number of benzene rings is 2. The quantitative estimate of drug-likeness (QED) is 0.561. The molecule has 0 N–H and O–H groups in total. The van der Waals surface area contributed by atoms with Crippen molar-refractivity contribution >= 4 is 15.4 Å². The van der Waals surface area contributed by atoms with Crippen LogP contribution in [0.1, 0.15) is 0 Å². The molecule has 2 heterocycles. The minimum absolute atomic E-state index is 0.307. The van der Waals surface area contributed by atoms with Gasteiger partial charge >= 0.3 is 0 Å². The molecule has 2 aromatic carbocycles. The number of sulfone groups is 1. The molecule has 4 nitrogen and oxygen atoms in total. The van der Waals surface area contributed by atoms with Crippen molar-refractivity contribution in [3.63, 3.8) is 0 Å². The number of hydrogen-bond donors (Lipinski definition) is 0. The van der Waals surface area contributed by atoms with E-state index < -0.39 is 9.84 Å². The molecule has 4 rings (SSSR count). The molecular weight excluding hydrogens is 332 g/mol. The first kappa shape index (κ1) is 15.6. The van der Waals surface area contributed by atoms with E-state index >= 15 is 0 Å². The lowest BCUT2D eigenvalue weighted by Gasteiger charge is -2.05. The van der Waals surface area contributed by atoms with Crippen molar-refractivity contribution in [2.24, 2.45) is 0 Å². The third-order valence-corrected chi connectivity index (χ3v) is 5.29. The molecule has 0 unspecified atom stereocenters. The summed E-state index contributed by atoms with van der Waals surface area (Å²) in [6, 6.07) is 22.9. The number of aromatic nitrogens is 2. The zero-order valence-corrected chi connectivity index (χ0v) is 14.4. The van der Waals surface area contributed by atoms with E-state index in [4.69, 9.17) is 5.10 Å². The lowest BCUT2D eigenvalue weighted by Crippen LogP contribution is -1.96. The molecule has 0 fully saturated rings. The Morgan fingerprint density at radius 1 is 0.800 bits per heavy atom. The number of fused-ring (bicyclic) bond motifs is 1. The Labute approximate surface area is 146 Å². The van der Waals surface area contributed by atoms with Gasteiger partial charge in [0.25, 0.3) is 0 Å². The van der Waals surface area contributed by atoms with Crippen LogP contribution in [0, 0.1) is 0 Å². The van der Waals surface area contributed by atoms with E-state index in [-0.39, 0.29) is 0 Å². The molecular formula is C20H16N2O2S. The van der Waals surface area contributed by atoms with Gasteiger partial charge in [0.15, 0.2) is 9.84 Å². The minimum Gasteiger partial charge on any atom is -0.240 e. The zero-order chi connectivity index (χ0) is 17.4. The van der Waals surface area contributed by atoms with E-state index in [1.807, 2.05) is 59.2 Å². The first-order chi connectivity index (χ1) is 12.0. The van der Waals surface area contributed by atoms with Gasteiger partial charge < -0.3 is 0 Å². The monoisotopic (exact) mass is 348 g/mol. The average molecular weight is 348 g/mol. The average Bonchev–Trinajstić information content (AvgIpc) is 3.01. The summed E-state index contributed by atoms with van der Waals surface area (Å²) >= 11 is 0. The number of nitrogens with zero attached hydrogens (tertiary/aromatic N) is 2. The normalized spacial score (nSPS) is 11.7. The van der Waals surface area contributed by atoms with Gasteiger partial charge in [-0.1, -0.05) is 48.5 Å². The van der Waals surface area contributed by atoms with Gasteiger partial charge in [0, 0.05) is 23.6 Å². The second-order valence-electron chi connectivity index (χ2n) is 5.92. The van der Waals surface area contributed by atoms with Gasteiger partial charge in [-0.05, 0) is 29.8 Å². The topological polar surface area (TPSA) is 51.4 Å². The maximum atomic E-state index is 11.7. The highest BCUT2D eigenvalue weighted by atomic mass is 32.2. The van der Waals surface area contributed by atoms with Crippen molar-refractivity contribution in [3.8, 4) is 22.4 Å². The maximum Gasteiger partial charge on any atom is 0.175 e. The summed E-state index contributed by atoms with van der Waals surface area (Å²) in [5.74, 6) is 0. The molecule has 0 radical (unpaired) electrons. The van der Waals surface area contributed by atoms with Gasteiger partial charge in [-0.15, -0.1) is 0 Å². The smallest absolute Gasteiger partial charge is 0.175 e.